The lowest BCUT2D eigenvalue weighted by Crippen LogP contribution is -1.88. The van der Waals surface area contributed by atoms with Crippen LogP contribution < -0.4 is 0 Å². The minimum Gasteiger partial charge on any atom is -0.396 e. The van der Waals surface area contributed by atoms with Crippen LogP contribution >= 0.6 is 0 Å². The van der Waals surface area contributed by atoms with Gasteiger partial charge in [-0.2, -0.15) is 0 Å². The summed E-state index contributed by atoms with van der Waals surface area (Å²) in [5, 5.41) is 16.4. The number of benzene rings is 1. The van der Waals surface area contributed by atoms with Gasteiger partial charge < -0.3 is 10.3 Å². The summed E-state index contributed by atoms with van der Waals surface area (Å²) < 4.78 is 0. The third-order valence-electron chi connectivity index (χ3n) is 1.24. The van der Waals surface area contributed by atoms with E-state index in [4.69, 9.17) is 15.2 Å². The van der Waals surface area contributed by atoms with Crippen molar-refractivity contribution in [2.24, 2.45) is 5.34 Å². The molecule has 0 aliphatic heterocycles. The lowest BCUT2D eigenvalue weighted by atomic mass is 10.2. The number of hydrogen-bond donors (Lipinski definition) is 2. The van der Waals surface area contributed by atoms with Crippen molar-refractivity contribution >= 4 is 0 Å². The highest BCUT2D eigenvalue weighted by molar-refractivity contribution is 5.14. The molecule has 12 heavy (non-hydrogen) atoms. The first-order chi connectivity index (χ1) is 5.85. The first-order valence-electron chi connectivity index (χ1n) is 3.46. The molecule has 0 unspecified atom stereocenters. The molecule has 0 heterocycles. The molecule has 0 radical (unpaired) electrons. The van der Waals surface area contributed by atoms with Gasteiger partial charge in [0.05, 0.1) is 0 Å². The summed E-state index contributed by atoms with van der Waals surface area (Å²) in [5.74, 6) is 0. The molecule has 4 nitrogen and oxygen atoms in total. The fourth-order valence-electron chi connectivity index (χ4n) is 0.774. The van der Waals surface area contributed by atoms with Crippen molar-refractivity contribution in [2.75, 3.05) is 6.61 Å². The summed E-state index contributed by atoms with van der Waals surface area (Å²) in [4.78, 5) is 8.11. The first-order valence-corrected chi connectivity index (χ1v) is 3.46. The molecule has 0 aliphatic rings. The summed E-state index contributed by atoms with van der Waals surface area (Å²) in [6, 6.07) is 9.95. The second-order valence-corrected chi connectivity index (χ2v) is 2.04. The van der Waals surface area contributed by atoms with E-state index in [1.165, 1.54) is 10.9 Å². The number of aliphatic hydroxyl groups is 1. The van der Waals surface area contributed by atoms with Crippen LogP contribution in [0.5, 0.6) is 0 Å². The van der Waals surface area contributed by atoms with Crippen molar-refractivity contribution in [2.45, 2.75) is 6.42 Å². The molecule has 1 aromatic carbocycles. The molecule has 1 aromatic rings. The van der Waals surface area contributed by atoms with Gasteiger partial charge in [0.25, 0.3) is 0 Å². The smallest absolute Gasteiger partial charge is 0.152 e. The average Bonchev–Trinajstić information content (AvgIpc) is 2.08. The van der Waals surface area contributed by atoms with E-state index in [0.29, 0.717) is 0 Å². The molecule has 4 heteroatoms. The minimum atomic E-state index is 0.240. The highest BCUT2D eigenvalue weighted by Crippen LogP contribution is 1.97. The highest BCUT2D eigenvalue weighted by atomic mass is 16.6. The van der Waals surface area contributed by atoms with Crippen LogP contribution in [-0.4, -0.2) is 16.9 Å². The second kappa shape index (κ2) is 7.68. The number of rotatable bonds is 2. The average molecular weight is 169 g/mol. The van der Waals surface area contributed by atoms with Crippen LogP contribution in [0.1, 0.15) is 5.56 Å². The Morgan fingerprint density at radius 3 is 2.17 bits per heavy atom. The summed E-state index contributed by atoms with van der Waals surface area (Å²) in [6.45, 7) is 0.240. The van der Waals surface area contributed by atoms with Crippen LogP contribution in [0.25, 0.3) is 0 Å². The van der Waals surface area contributed by atoms with Crippen molar-refractivity contribution in [3.05, 3.63) is 40.8 Å². The van der Waals surface area contributed by atoms with Crippen LogP contribution in [0.15, 0.2) is 35.7 Å². The predicted octanol–water partition coefficient (Wildman–Crippen LogP) is 1.36. The monoisotopic (exact) mass is 169 g/mol. The normalized spacial score (nSPS) is 8.08. The Bertz CT molecular complexity index is 201. The van der Waals surface area contributed by atoms with Gasteiger partial charge in [0.1, 0.15) is 0 Å². The molecule has 0 spiro atoms. The van der Waals surface area contributed by atoms with Crippen LogP contribution in [0.2, 0.25) is 0 Å². The molecule has 0 fully saturated rings. The van der Waals surface area contributed by atoms with Gasteiger partial charge in [0.2, 0.25) is 0 Å². The summed E-state index contributed by atoms with van der Waals surface area (Å²) in [7, 11) is 0. The second-order valence-electron chi connectivity index (χ2n) is 2.04. The molecule has 1 rings (SSSR count). The Balaban J connectivity index is 0.000000354. The zero-order valence-corrected chi connectivity index (χ0v) is 6.55. The van der Waals surface area contributed by atoms with E-state index in [0.717, 1.165) is 6.42 Å². The molecule has 0 saturated heterocycles. The van der Waals surface area contributed by atoms with Gasteiger partial charge in [-0.25, -0.2) is 0 Å². The van der Waals surface area contributed by atoms with Crippen LogP contribution in [-0.2, 0) is 6.42 Å². The van der Waals surface area contributed by atoms with Gasteiger partial charge >= 0.3 is 0 Å². The molecule has 2 N–H and O–H groups in total. The standard InChI is InChI=1S/C8H10O.HNO2/c9-7-6-8-4-2-1-3-5-8;2-1-3/h1-5,9H,6-7H2;(H,2,3). The minimum absolute atomic E-state index is 0.240. The van der Waals surface area contributed by atoms with Crippen LogP contribution in [0, 0.1) is 4.91 Å². The van der Waals surface area contributed by atoms with Crippen LogP contribution in [0.3, 0.4) is 0 Å². The van der Waals surface area contributed by atoms with Crippen LogP contribution in [0.4, 0.5) is 0 Å². The largest absolute Gasteiger partial charge is 0.396 e. The molecular weight excluding hydrogens is 158 g/mol. The zero-order chi connectivity index (χ0) is 9.23. The Kier molecular flexibility index (Phi) is 6.78. The van der Waals surface area contributed by atoms with Crippen molar-refractivity contribution in [3.63, 3.8) is 0 Å². The quantitative estimate of drug-likeness (QED) is 0.518. The van der Waals surface area contributed by atoms with E-state index in [-0.39, 0.29) is 6.61 Å². The lowest BCUT2D eigenvalue weighted by molar-refractivity contribution is 0.299. The van der Waals surface area contributed by atoms with Gasteiger partial charge in [-0.15, -0.1) is 4.91 Å². The van der Waals surface area contributed by atoms with E-state index in [1.54, 1.807) is 0 Å². The molecular formula is C8H11NO3. The van der Waals surface area contributed by atoms with Gasteiger partial charge in [-0.05, 0) is 12.0 Å². The lowest BCUT2D eigenvalue weighted by Gasteiger charge is -1.93. The summed E-state index contributed by atoms with van der Waals surface area (Å²) >= 11 is 0. The zero-order valence-electron chi connectivity index (χ0n) is 6.55. The van der Waals surface area contributed by atoms with E-state index in [9.17, 15) is 0 Å². The Morgan fingerprint density at radius 1 is 1.25 bits per heavy atom. The Hall–Kier alpha value is -1.42. The van der Waals surface area contributed by atoms with Crippen molar-refractivity contribution in [3.8, 4) is 0 Å². The van der Waals surface area contributed by atoms with Gasteiger partial charge in [0.15, 0.2) is 5.34 Å². The molecule has 0 aromatic heterocycles. The van der Waals surface area contributed by atoms with Crippen molar-refractivity contribution in [1.29, 1.82) is 0 Å². The number of nitrogens with zero attached hydrogens (tertiary/aromatic N) is 1. The fourth-order valence-corrected chi connectivity index (χ4v) is 0.774. The Morgan fingerprint density at radius 2 is 1.75 bits per heavy atom. The van der Waals surface area contributed by atoms with E-state index < -0.39 is 0 Å². The maximum Gasteiger partial charge on any atom is 0.152 e. The highest BCUT2D eigenvalue weighted by Gasteiger charge is 1.85. The molecule has 0 amide bonds. The van der Waals surface area contributed by atoms with E-state index >= 15 is 0 Å². The molecule has 0 bridgehead atoms. The maximum absolute atomic E-state index is 8.52. The topological polar surface area (TPSA) is 69.9 Å². The van der Waals surface area contributed by atoms with E-state index in [1.807, 2.05) is 30.3 Å². The summed E-state index contributed by atoms with van der Waals surface area (Å²) in [6.07, 6.45) is 0.765. The predicted molar refractivity (Wildman–Crippen MR) is 44.8 cm³/mol. The fraction of sp³-hybridized carbons (Fsp3) is 0.250. The molecule has 66 valence electrons. The van der Waals surface area contributed by atoms with Crippen molar-refractivity contribution in [1.82, 2.24) is 0 Å². The number of hydrogen-bond acceptors (Lipinski definition) is 3. The molecule has 0 saturated carbocycles. The first kappa shape index (κ1) is 10.6. The van der Waals surface area contributed by atoms with Crippen molar-refractivity contribution < 1.29 is 10.3 Å². The SMILES string of the molecule is O=NO.OCCc1ccccc1. The van der Waals surface area contributed by atoms with Gasteiger partial charge in [0, 0.05) is 6.61 Å². The van der Waals surface area contributed by atoms with E-state index in [2.05, 4.69) is 0 Å². The molecule has 0 aliphatic carbocycles. The van der Waals surface area contributed by atoms with Gasteiger partial charge in [-0.3, -0.25) is 0 Å². The number of aliphatic hydroxyl groups excluding tert-OH is 1. The third kappa shape index (κ3) is 5.37. The summed E-state index contributed by atoms with van der Waals surface area (Å²) in [5.41, 5.74) is 1.19. The molecule has 0 atom stereocenters. The Labute approximate surface area is 70.4 Å². The van der Waals surface area contributed by atoms with Gasteiger partial charge in [-0.1, -0.05) is 30.3 Å². The third-order valence-corrected chi connectivity index (χ3v) is 1.24. The maximum atomic E-state index is 8.52.